The minimum atomic E-state index is -4.33. The van der Waals surface area contributed by atoms with Gasteiger partial charge < -0.3 is 0 Å². The van der Waals surface area contributed by atoms with Gasteiger partial charge in [-0.2, -0.15) is 13.2 Å². The van der Waals surface area contributed by atoms with Crippen molar-refractivity contribution in [1.82, 2.24) is 9.97 Å². The third kappa shape index (κ3) is 3.20. The first-order valence-electron chi connectivity index (χ1n) is 4.68. The lowest BCUT2D eigenvalue weighted by atomic mass is 10.2. The highest BCUT2D eigenvalue weighted by Gasteiger charge is 2.30. The van der Waals surface area contributed by atoms with Gasteiger partial charge in [0.1, 0.15) is 5.69 Å². The summed E-state index contributed by atoms with van der Waals surface area (Å²) >= 11 is -0.180. The highest BCUT2D eigenvalue weighted by molar-refractivity contribution is 8.00. The summed E-state index contributed by atoms with van der Waals surface area (Å²) in [5, 5.41) is 0. The molecule has 17 heavy (non-hydrogen) atoms. The van der Waals surface area contributed by atoms with E-state index in [0.717, 1.165) is 0 Å². The molecule has 0 atom stereocenters. The van der Waals surface area contributed by atoms with Crippen molar-refractivity contribution < 1.29 is 13.2 Å². The molecule has 2 nitrogen and oxygen atoms in total. The number of hydrogen-bond donors (Lipinski definition) is 0. The second kappa shape index (κ2) is 4.75. The maximum atomic E-state index is 12.4. The summed E-state index contributed by atoms with van der Waals surface area (Å²) in [5.41, 5.74) is -3.65. The number of aromatic nitrogens is 2. The van der Waals surface area contributed by atoms with Gasteiger partial charge in [0.15, 0.2) is 0 Å². The smallest absolute Gasteiger partial charge is 0.255 e. The molecule has 0 bridgehead atoms. The van der Waals surface area contributed by atoms with E-state index in [1.165, 1.54) is 24.5 Å². The zero-order valence-corrected chi connectivity index (χ0v) is 9.29. The third-order valence-corrected chi connectivity index (χ3v) is 2.68. The average molecular weight is 256 g/mol. The largest absolute Gasteiger partial charge is 0.446 e. The Morgan fingerprint density at radius 2 is 1.71 bits per heavy atom. The van der Waals surface area contributed by atoms with Gasteiger partial charge in [0.25, 0.3) is 0 Å². The SMILES string of the molecule is FC(F)(F)Sc1cccnc1-c1ccccn1. The van der Waals surface area contributed by atoms with Crippen molar-refractivity contribution in [1.29, 1.82) is 0 Å². The lowest BCUT2D eigenvalue weighted by molar-refractivity contribution is -0.0328. The molecule has 0 saturated heterocycles. The molecular formula is C11H7F3N2S. The van der Waals surface area contributed by atoms with Crippen molar-refractivity contribution in [3.05, 3.63) is 42.7 Å². The van der Waals surface area contributed by atoms with Crippen LogP contribution in [0.4, 0.5) is 13.2 Å². The van der Waals surface area contributed by atoms with Crippen LogP contribution in [0.2, 0.25) is 0 Å². The van der Waals surface area contributed by atoms with Crippen LogP contribution in [0.25, 0.3) is 11.4 Å². The van der Waals surface area contributed by atoms with Crippen LogP contribution in [0.1, 0.15) is 0 Å². The zero-order valence-electron chi connectivity index (χ0n) is 8.48. The Bertz CT molecular complexity index is 500. The third-order valence-electron chi connectivity index (χ3n) is 1.90. The van der Waals surface area contributed by atoms with Crippen LogP contribution in [0, 0.1) is 0 Å². The van der Waals surface area contributed by atoms with Crippen LogP contribution in [-0.2, 0) is 0 Å². The molecule has 2 rings (SSSR count). The van der Waals surface area contributed by atoms with E-state index in [0.29, 0.717) is 5.69 Å². The number of rotatable bonds is 2. The van der Waals surface area contributed by atoms with E-state index in [4.69, 9.17) is 0 Å². The molecule has 0 spiro atoms. The summed E-state index contributed by atoms with van der Waals surface area (Å²) in [4.78, 5) is 8.00. The Hall–Kier alpha value is -1.56. The zero-order chi connectivity index (χ0) is 12.3. The van der Waals surface area contributed by atoms with Gasteiger partial charge in [-0.1, -0.05) is 6.07 Å². The van der Waals surface area contributed by atoms with Crippen LogP contribution < -0.4 is 0 Å². The highest BCUT2D eigenvalue weighted by Crippen LogP contribution is 2.40. The van der Waals surface area contributed by atoms with Gasteiger partial charge in [-0.15, -0.1) is 0 Å². The van der Waals surface area contributed by atoms with Gasteiger partial charge >= 0.3 is 5.51 Å². The molecule has 0 aromatic carbocycles. The Morgan fingerprint density at radius 1 is 0.941 bits per heavy atom. The van der Waals surface area contributed by atoms with Gasteiger partial charge in [-0.25, -0.2) is 0 Å². The van der Waals surface area contributed by atoms with Crippen molar-refractivity contribution in [2.24, 2.45) is 0 Å². The van der Waals surface area contributed by atoms with E-state index >= 15 is 0 Å². The summed E-state index contributed by atoms with van der Waals surface area (Å²) in [6.45, 7) is 0. The first kappa shape index (κ1) is 11.9. The molecule has 0 saturated carbocycles. The molecule has 0 aliphatic rings. The Kier molecular flexibility index (Phi) is 3.33. The number of hydrogen-bond acceptors (Lipinski definition) is 3. The van der Waals surface area contributed by atoms with Gasteiger partial charge in [-0.05, 0) is 36.0 Å². The summed E-state index contributed by atoms with van der Waals surface area (Å²) in [6.07, 6.45) is 2.97. The summed E-state index contributed by atoms with van der Waals surface area (Å²) in [6, 6.07) is 7.89. The molecule has 0 amide bonds. The molecule has 2 aromatic heterocycles. The molecule has 0 fully saturated rings. The van der Waals surface area contributed by atoms with Gasteiger partial charge in [-0.3, -0.25) is 9.97 Å². The summed E-state index contributed by atoms with van der Waals surface area (Å²) < 4.78 is 37.1. The van der Waals surface area contributed by atoms with E-state index in [9.17, 15) is 13.2 Å². The summed E-state index contributed by atoms with van der Waals surface area (Å²) in [7, 11) is 0. The fraction of sp³-hybridized carbons (Fsp3) is 0.0909. The Morgan fingerprint density at radius 3 is 2.35 bits per heavy atom. The quantitative estimate of drug-likeness (QED) is 0.765. The van der Waals surface area contributed by atoms with Crippen molar-refractivity contribution in [3.63, 3.8) is 0 Å². The van der Waals surface area contributed by atoms with Crippen molar-refractivity contribution in [2.75, 3.05) is 0 Å². The molecule has 2 heterocycles. The number of alkyl halides is 3. The number of thioether (sulfide) groups is 1. The van der Waals surface area contributed by atoms with E-state index < -0.39 is 5.51 Å². The van der Waals surface area contributed by atoms with E-state index in [2.05, 4.69) is 9.97 Å². The van der Waals surface area contributed by atoms with Crippen molar-refractivity contribution in [3.8, 4) is 11.4 Å². The lowest BCUT2D eigenvalue weighted by Gasteiger charge is -2.09. The molecule has 0 radical (unpaired) electrons. The average Bonchev–Trinajstić information content (AvgIpc) is 2.29. The van der Waals surface area contributed by atoms with E-state index in [-0.39, 0.29) is 22.4 Å². The van der Waals surface area contributed by atoms with Gasteiger partial charge in [0, 0.05) is 17.3 Å². The van der Waals surface area contributed by atoms with Crippen molar-refractivity contribution in [2.45, 2.75) is 10.4 Å². The standard InChI is InChI=1S/C11H7F3N2S/c12-11(13,14)17-9-5-3-7-16-10(9)8-4-1-2-6-15-8/h1-7H. The second-order valence-corrected chi connectivity index (χ2v) is 4.22. The van der Waals surface area contributed by atoms with Gasteiger partial charge in [0.2, 0.25) is 0 Å². The fourth-order valence-corrected chi connectivity index (χ4v) is 1.94. The van der Waals surface area contributed by atoms with Crippen molar-refractivity contribution >= 4 is 11.8 Å². The number of nitrogens with zero attached hydrogens (tertiary/aromatic N) is 2. The minimum absolute atomic E-state index is 0.0544. The van der Waals surface area contributed by atoms with E-state index in [1.54, 1.807) is 18.2 Å². The normalized spacial score (nSPS) is 11.5. The molecule has 0 aliphatic carbocycles. The monoisotopic (exact) mass is 256 g/mol. The molecule has 0 aliphatic heterocycles. The summed E-state index contributed by atoms with van der Waals surface area (Å²) in [5.74, 6) is 0. The Labute approximate surface area is 99.9 Å². The molecule has 0 N–H and O–H groups in total. The van der Waals surface area contributed by atoms with Crippen LogP contribution in [0.15, 0.2) is 47.6 Å². The second-order valence-electron chi connectivity index (χ2n) is 3.11. The Balaban J connectivity index is 2.41. The molecule has 6 heteroatoms. The molecule has 88 valence electrons. The highest BCUT2D eigenvalue weighted by atomic mass is 32.2. The first-order chi connectivity index (χ1) is 8.06. The van der Waals surface area contributed by atoms with Crippen LogP contribution in [0.3, 0.4) is 0 Å². The van der Waals surface area contributed by atoms with Crippen LogP contribution in [0.5, 0.6) is 0 Å². The molecule has 2 aromatic rings. The van der Waals surface area contributed by atoms with Crippen LogP contribution in [-0.4, -0.2) is 15.5 Å². The van der Waals surface area contributed by atoms with Gasteiger partial charge in [0.05, 0.1) is 5.69 Å². The predicted octanol–water partition coefficient (Wildman–Crippen LogP) is 3.76. The molecular weight excluding hydrogens is 249 g/mol. The maximum absolute atomic E-state index is 12.4. The first-order valence-corrected chi connectivity index (χ1v) is 5.50. The molecule has 0 unspecified atom stereocenters. The lowest BCUT2D eigenvalue weighted by Crippen LogP contribution is -2.01. The topological polar surface area (TPSA) is 25.8 Å². The fourth-order valence-electron chi connectivity index (χ4n) is 1.29. The van der Waals surface area contributed by atoms with Crippen LogP contribution >= 0.6 is 11.8 Å². The minimum Gasteiger partial charge on any atom is -0.255 e. The van der Waals surface area contributed by atoms with E-state index in [1.807, 2.05) is 0 Å². The predicted molar refractivity (Wildman–Crippen MR) is 59.4 cm³/mol. The number of pyridine rings is 2. The number of halogens is 3. The maximum Gasteiger partial charge on any atom is 0.446 e.